The number of nitrogens with two attached hydrogens (primary N) is 1. The lowest BCUT2D eigenvalue weighted by Crippen LogP contribution is -2.47. The standard InChI is InChI=1S/C14H16BrN5/c15-12-13(16)17-10-18-14(12)20-8-6-19(7-9-20)11-4-2-1-3-5-11/h1-5,10H,6-9H2,(H2,16,17,18). The van der Waals surface area contributed by atoms with Crippen LogP contribution in [-0.2, 0) is 0 Å². The van der Waals surface area contributed by atoms with Gasteiger partial charge in [0.25, 0.3) is 0 Å². The lowest BCUT2D eigenvalue weighted by Gasteiger charge is -2.37. The number of anilines is 3. The second-order valence-corrected chi connectivity index (χ2v) is 5.50. The summed E-state index contributed by atoms with van der Waals surface area (Å²) in [6.07, 6.45) is 1.51. The van der Waals surface area contributed by atoms with Gasteiger partial charge in [-0.05, 0) is 28.1 Å². The van der Waals surface area contributed by atoms with Crippen LogP contribution in [0.3, 0.4) is 0 Å². The minimum absolute atomic E-state index is 0.487. The van der Waals surface area contributed by atoms with Crippen molar-refractivity contribution in [3.8, 4) is 0 Å². The highest BCUT2D eigenvalue weighted by Crippen LogP contribution is 2.28. The van der Waals surface area contributed by atoms with Gasteiger partial charge in [0, 0.05) is 31.9 Å². The molecule has 1 fully saturated rings. The highest BCUT2D eigenvalue weighted by molar-refractivity contribution is 9.10. The van der Waals surface area contributed by atoms with Gasteiger partial charge in [-0.3, -0.25) is 0 Å². The van der Waals surface area contributed by atoms with Gasteiger partial charge in [-0.1, -0.05) is 18.2 Å². The number of hydrogen-bond acceptors (Lipinski definition) is 5. The van der Waals surface area contributed by atoms with E-state index in [1.54, 1.807) is 0 Å². The maximum Gasteiger partial charge on any atom is 0.148 e. The Morgan fingerprint density at radius 2 is 1.60 bits per heavy atom. The summed E-state index contributed by atoms with van der Waals surface area (Å²) < 4.78 is 0.785. The summed E-state index contributed by atoms with van der Waals surface area (Å²) in [7, 11) is 0. The molecule has 2 N–H and O–H groups in total. The molecule has 0 spiro atoms. The first-order valence-corrected chi connectivity index (χ1v) is 7.36. The van der Waals surface area contributed by atoms with Gasteiger partial charge in [0.05, 0.1) is 0 Å². The molecule has 1 aromatic carbocycles. The Labute approximate surface area is 126 Å². The normalized spacial score (nSPS) is 15.4. The predicted molar refractivity (Wildman–Crippen MR) is 85.0 cm³/mol. The molecule has 1 saturated heterocycles. The van der Waals surface area contributed by atoms with Crippen molar-refractivity contribution in [1.82, 2.24) is 9.97 Å². The highest BCUT2D eigenvalue weighted by Gasteiger charge is 2.20. The maximum absolute atomic E-state index is 5.81. The molecule has 1 aliphatic heterocycles. The number of aromatic nitrogens is 2. The molecule has 3 rings (SSSR count). The SMILES string of the molecule is Nc1ncnc(N2CCN(c3ccccc3)CC2)c1Br. The van der Waals surface area contributed by atoms with E-state index in [0.29, 0.717) is 5.82 Å². The molecule has 1 aliphatic rings. The molecule has 0 atom stereocenters. The van der Waals surface area contributed by atoms with E-state index in [1.165, 1.54) is 12.0 Å². The first-order chi connectivity index (χ1) is 9.75. The molecule has 0 radical (unpaired) electrons. The molecule has 0 saturated carbocycles. The molecule has 2 heterocycles. The van der Waals surface area contributed by atoms with Crippen molar-refractivity contribution in [3.63, 3.8) is 0 Å². The molecule has 5 nitrogen and oxygen atoms in total. The Bertz CT molecular complexity index is 581. The van der Waals surface area contributed by atoms with Gasteiger partial charge in [0.2, 0.25) is 0 Å². The molecule has 104 valence electrons. The second kappa shape index (κ2) is 5.66. The van der Waals surface area contributed by atoms with Gasteiger partial charge < -0.3 is 15.5 Å². The fourth-order valence-electron chi connectivity index (χ4n) is 2.41. The Hall–Kier alpha value is -1.82. The summed E-state index contributed by atoms with van der Waals surface area (Å²) in [6.45, 7) is 3.79. The zero-order valence-electron chi connectivity index (χ0n) is 11.0. The average Bonchev–Trinajstić information content (AvgIpc) is 2.51. The fraction of sp³-hybridized carbons (Fsp3) is 0.286. The summed E-state index contributed by atoms with van der Waals surface area (Å²) in [5, 5.41) is 0. The molecular formula is C14H16BrN5. The summed E-state index contributed by atoms with van der Waals surface area (Å²) >= 11 is 3.47. The zero-order chi connectivity index (χ0) is 13.9. The van der Waals surface area contributed by atoms with Gasteiger partial charge in [0.15, 0.2) is 0 Å². The van der Waals surface area contributed by atoms with Crippen molar-refractivity contribution in [2.24, 2.45) is 0 Å². The van der Waals surface area contributed by atoms with Crippen LogP contribution in [0.15, 0.2) is 41.1 Å². The molecule has 1 aromatic heterocycles. The molecular weight excluding hydrogens is 318 g/mol. The topological polar surface area (TPSA) is 58.3 Å². The van der Waals surface area contributed by atoms with E-state index in [0.717, 1.165) is 36.5 Å². The molecule has 6 heteroatoms. The van der Waals surface area contributed by atoms with Crippen molar-refractivity contribution < 1.29 is 0 Å². The van der Waals surface area contributed by atoms with Crippen LogP contribution in [0.25, 0.3) is 0 Å². The van der Waals surface area contributed by atoms with Gasteiger partial charge in [-0.15, -0.1) is 0 Å². The molecule has 0 bridgehead atoms. The summed E-state index contributed by atoms with van der Waals surface area (Å²) in [4.78, 5) is 12.9. The van der Waals surface area contributed by atoms with Crippen molar-refractivity contribution in [3.05, 3.63) is 41.1 Å². The first-order valence-electron chi connectivity index (χ1n) is 6.56. The fourth-order valence-corrected chi connectivity index (χ4v) is 2.86. The summed E-state index contributed by atoms with van der Waals surface area (Å²) in [5.74, 6) is 1.37. The Kier molecular flexibility index (Phi) is 3.73. The van der Waals surface area contributed by atoms with Crippen LogP contribution in [0.5, 0.6) is 0 Å². The van der Waals surface area contributed by atoms with E-state index in [1.807, 2.05) is 6.07 Å². The smallest absolute Gasteiger partial charge is 0.148 e. The van der Waals surface area contributed by atoms with Crippen LogP contribution in [0.1, 0.15) is 0 Å². The van der Waals surface area contributed by atoms with E-state index >= 15 is 0 Å². The molecule has 20 heavy (non-hydrogen) atoms. The number of para-hydroxylation sites is 1. The Balaban J connectivity index is 1.71. The third-order valence-electron chi connectivity index (χ3n) is 3.50. The maximum atomic E-state index is 5.81. The number of rotatable bonds is 2. The Morgan fingerprint density at radius 3 is 2.30 bits per heavy atom. The average molecular weight is 334 g/mol. The van der Waals surface area contributed by atoms with Crippen LogP contribution in [-0.4, -0.2) is 36.1 Å². The van der Waals surface area contributed by atoms with Crippen LogP contribution < -0.4 is 15.5 Å². The number of piperazine rings is 1. The minimum atomic E-state index is 0.487. The zero-order valence-corrected chi connectivity index (χ0v) is 12.6. The van der Waals surface area contributed by atoms with Crippen LogP contribution in [0.4, 0.5) is 17.3 Å². The molecule has 2 aromatic rings. The number of halogens is 1. The van der Waals surface area contributed by atoms with Crippen molar-refractivity contribution in [1.29, 1.82) is 0 Å². The van der Waals surface area contributed by atoms with Crippen molar-refractivity contribution in [2.45, 2.75) is 0 Å². The van der Waals surface area contributed by atoms with Gasteiger partial charge in [-0.2, -0.15) is 0 Å². The number of hydrogen-bond donors (Lipinski definition) is 1. The predicted octanol–water partition coefficient (Wildman–Crippen LogP) is 2.15. The van der Waals surface area contributed by atoms with Gasteiger partial charge in [-0.25, -0.2) is 9.97 Å². The first kappa shape index (κ1) is 13.2. The van der Waals surface area contributed by atoms with E-state index in [4.69, 9.17) is 5.73 Å². The molecule has 0 aliphatic carbocycles. The van der Waals surface area contributed by atoms with E-state index < -0.39 is 0 Å². The number of nitrogens with zero attached hydrogens (tertiary/aromatic N) is 4. The van der Waals surface area contributed by atoms with Gasteiger partial charge in [0.1, 0.15) is 22.4 Å². The largest absolute Gasteiger partial charge is 0.383 e. The Morgan fingerprint density at radius 1 is 0.950 bits per heavy atom. The monoisotopic (exact) mass is 333 g/mol. The quantitative estimate of drug-likeness (QED) is 0.912. The summed E-state index contributed by atoms with van der Waals surface area (Å²) in [5.41, 5.74) is 7.08. The lowest BCUT2D eigenvalue weighted by molar-refractivity contribution is 0.646. The van der Waals surface area contributed by atoms with E-state index in [2.05, 4.69) is 60.0 Å². The highest BCUT2D eigenvalue weighted by atomic mass is 79.9. The third kappa shape index (κ3) is 2.56. The van der Waals surface area contributed by atoms with Crippen LogP contribution in [0.2, 0.25) is 0 Å². The summed E-state index contributed by atoms with van der Waals surface area (Å²) in [6, 6.07) is 10.5. The lowest BCUT2D eigenvalue weighted by atomic mass is 10.2. The van der Waals surface area contributed by atoms with Crippen LogP contribution >= 0.6 is 15.9 Å². The van der Waals surface area contributed by atoms with Crippen molar-refractivity contribution >= 4 is 33.3 Å². The molecule has 0 unspecified atom stereocenters. The van der Waals surface area contributed by atoms with Crippen LogP contribution in [0, 0.1) is 0 Å². The number of nitrogen functional groups attached to an aromatic ring is 1. The molecule has 0 amide bonds. The number of benzene rings is 1. The van der Waals surface area contributed by atoms with E-state index in [9.17, 15) is 0 Å². The van der Waals surface area contributed by atoms with Gasteiger partial charge >= 0.3 is 0 Å². The minimum Gasteiger partial charge on any atom is -0.383 e. The van der Waals surface area contributed by atoms with Crippen molar-refractivity contribution in [2.75, 3.05) is 41.7 Å². The third-order valence-corrected chi connectivity index (χ3v) is 4.26. The second-order valence-electron chi connectivity index (χ2n) is 4.71. The van der Waals surface area contributed by atoms with E-state index in [-0.39, 0.29) is 0 Å².